The third-order valence-electron chi connectivity index (χ3n) is 4.07. The van der Waals surface area contributed by atoms with Crippen LogP contribution in [0.2, 0.25) is 0 Å². The molecular formula is C18H15N3O2S2. The van der Waals surface area contributed by atoms with E-state index in [1.807, 2.05) is 30.3 Å². The predicted molar refractivity (Wildman–Crippen MR) is 101 cm³/mol. The molecule has 5 nitrogen and oxygen atoms in total. The standard InChI is InChI=1S/C18H15N3O2S2/c1-18(23,16-9-11-4-2-3-5-15(11)24-16)10-19-17(22)12-6-7-13-14(8-12)21-25-20-13/h2-9,23H,10H2,1H3,(H,19,22). The molecule has 1 unspecified atom stereocenters. The first-order chi connectivity index (χ1) is 12.0. The lowest BCUT2D eigenvalue weighted by molar-refractivity contribution is 0.0557. The molecule has 0 spiro atoms. The number of nitrogens with zero attached hydrogens (tertiary/aromatic N) is 2. The average molecular weight is 369 g/mol. The molecule has 0 aliphatic heterocycles. The van der Waals surface area contributed by atoms with Crippen LogP contribution in [0, 0.1) is 0 Å². The van der Waals surface area contributed by atoms with E-state index in [9.17, 15) is 9.90 Å². The summed E-state index contributed by atoms with van der Waals surface area (Å²) in [6, 6.07) is 15.2. The molecule has 2 heterocycles. The van der Waals surface area contributed by atoms with Crippen LogP contribution < -0.4 is 5.32 Å². The normalized spacial score (nSPS) is 13.8. The van der Waals surface area contributed by atoms with E-state index < -0.39 is 5.60 Å². The second kappa shape index (κ2) is 6.18. The number of fused-ring (bicyclic) bond motifs is 2. The molecule has 1 amide bonds. The minimum atomic E-state index is -1.13. The summed E-state index contributed by atoms with van der Waals surface area (Å²) in [4.78, 5) is 13.2. The Morgan fingerprint density at radius 1 is 1.16 bits per heavy atom. The van der Waals surface area contributed by atoms with Gasteiger partial charge in [-0.1, -0.05) is 18.2 Å². The van der Waals surface area contributed by atoms with Gasteiger partial charge in [-0.3, -0.25) is 4.79 Å². The number of rotatable bonds is 4. The van der Waals surface area contributed by atoms with E-state index in [1.54, 1.807) is 25.1 Å². The zero-order chi connectivity index (χ0) is 17.4. The Morgan fingerprint density at radius 2 is 1.96 bits per heavy atom. The quantitative estimate of drug-likeness (QED) is 0.577. The van der Waals surface area contributed by atoms with Crippen LogP contribution in [0.3, 0.4) is 0 Å². The Bertz CT molecular complexity index is 1040. The van der Waals surface area contributed by atoms with Crippen molar-refractivity contribution in [3.8, 4) is 0 Å². The molecule has 7 heteroatoms. The van der Waals surface area contributed by atoms with E-state index in [1.165, 1.54) is 11.3 Å². The highest BCUT2D eigenvalue weighted by atomic mass is 32.1. The maximum absolute atomic E-state index is 12.4. The topological polar surface area (TPSA) is 75.1 Å². The zero-order valence-electron chi connectivity index (χ0n) is 13.4. The summed E-state index contributed by atoms with van der Waals surface area (Å²) in [5, 5.41) is 14.7. The molecule has 126 valence electrons. The molecular weight excluding hydrogens is 354 g/mol. The van der Waals surface area contributed by atoms with Crippen LogP contribution in [-0.4, -0.2) is 26.3 Å². The van der Waals surface area contributed by atoms with Gasteiger partial charge in [0.25, 0.3) is 5.91 Å². The minimum Gasteiger partial charge on any atom is -0.383 e. The molecule has 2 N–H and O–H groups in total. The number of benzene rings is 2. The molecule has 0 bridgehead atoms. The van der Waals surface area contributed by atoms with Crippen LogP contribution in [0.15, 0.2) is 48.5 Å². The predicted octanol–water partition coefficient (Wildman–Crippen LogP) is 3.54. The van der Waals surface area contributed by atoms with E-state index in [4.69, 9.17) is 0 Å². The highest BCUT2D eigenvalue weighted by molar-refractivity contribution is 7.19. The van der Waals surface area contributed by atoms with E-state index in [0.717, 1.165) is 32.2 Å². The molecule has 4 rings (SSSR count). The van der Waals surface area contributed by atoms with Crippen molar-refractivity contribution in [3.63, 3.8) is 0 Å². The van der Waals surface area contributed by atoms with Crippen molar-refractivity contribution in [3.05, 3.63) is 59.0 Å². The summed E-state index contributed by atoms with van der Waals surface area (Å²) in [6.07, 6.45) is 0. The summed E-state index contributed by atoms with van der Waals surface area (Å²) in [7, 11) is 0. The van der Waals surface area contributed by atoms with Gasteiger partial charge in [-0.2, -0.15) is 8.75 Å². The fourth-order valence-electron chi connectivity index (χ4n) is 2.61. The van der Waals surface area contributed by atoms with Gasteiger partial charge in [-0.05, 0) is 42.6 Å². The van der Waals surface area contributed by atoms with Crippen molar-refractivity contribution >= 4 is 50.1 Å². The van der Waals surface area contributed by atoms with Crippen molar-refractivity contribution in [2.75, 3.05) is 6.54 Å². The molecule has 4 aromatic rings. The van der Waals surface area contributed by atoms with Crippen LogP contribution in [0.4, 0.5) is 0 Å². The lowest BCUT2D eigenvalue weighted by atomic mass is 10.0. The van der Waals surface area contributed by atoms with Gasteiger partial charge >= 0.3 is 0 Å². The van der Waals surface area contributed by atoms with Crippen LogP contribution in [0.25, 0.3) is 21.1 Å². The molecule has 2 aromatic heterocycles. The number of hydrogen-bond acceptors (Lipinski definition) is 6. The second-order valence-electron chi connectivity index (χ2n) is 6.07. The molecule has 0 fully saturated rings. The van der Waals surface area contributed by atoms with E-state index in [0.29, 0.717) is 11.1 Å². The molecule has 1 atom stereocenters. The number of carbonyl (C=O) groups excluding carboxylic acids is 1. The van der Waals surface area contributed by atoms with Crippen LogP contribution >= 0.6 is 23.1 Å². The second-order valence-corrected chi connectivity index (χ2v) is 7.68. The third-order valence-corrected chi connectivity index (χ3v) is 5.99. The largest absolute Gasteiger partial charge is 0.383 e. The number of nitrogens with one attached hydrogen (secondary N) is 1. The van der Waals surface area contributed by atoms with Crippen LogP contribution in [0.1, 0.15) is 22.2 Å². The maximum Gasteiger partial charge on any atom is 0.251 e. The first-order valence-corrected chi connectivity index (χ1v) is 9.29. The van der Waals surface area contributed by atoms with E-state index in [2.05, 4.69) is 14.1 Å². The van der Waals surface area contributed by atoms with Gasteiger partial charge < -0.3 is 10.4 Å². The SMILES string of the molecule is CC(O)(CNC(=O)c1ccc2nsnc2c1)c1cc2ccccc2s1. The minimum absolute atomic E-state index is 0.131. The maximum atomic E-state index is 12.4. The van der Waals surface area contributed by atoms with Gasteiger partial charge in [0.15, 0.2) is 0 Å². The van der Waals surface area contributed by atoms with E-state index >= 15 is 0 Å². The van der Waals surface area contributed by atoms with E-state index in [-0.39, 0.29) is 12.5 Å². The van der Waals surface area contributed by atoms with Crippen molar-refractivity contribution in [2.45, 2.75) is 12.5 Å². The van der Waals surface area contributed by atoms with Gasteiger partial charge in [-0.25, -0.2) is 0 Å². The summed E-state index contributed by atoms with van der Waals surface area (Å²) in [6.45, 7) is 1.84. The van der Waals surface area contributed by atoms with Gasteiger partial charge in [0, 0.05) is 15.1 Å². The highest BCUT2D eigenvalue weighted by Gasteiger charge is 2.26. The van der Waals surface area contributed by atoms with Crippen LogP contribution in [0.5, 0.6) is 0 Å². The molecule has 0 radical (unpaired) electrons. The lowest BCUT2D eigenvalue weighted by Gasteiger charge is -2.22. The van der Waals surface area contributed by atoms with Gasteiger partial charge in [0.1, 0.15) is 16.6 Å². The van der Waals surface area contributed by atoms with Gasteiger partial charge in [0.05, 0.1) is 18.3 Å². The molecule has 0 saturated carbocycles. The van der Waals surface area contributed by atoms with Crippen molar-refractivity contribution in [1.82, 2.24) is 14.1 Å². The lowest BCUT2D eigenvalue weighted by Crippen LogP contribution is -2.38. The van der Waals surface area contributed by atoms with Gasteiger partial charge in [-0.15, -0.1) is 11.3 Å². The number of thiophene rings is 1. The van der Waals surface area contributed by atoms with Crippen molar-refractivity contribution in [2.24, 2.45) is 0 Å². The van der Waals surface area contributed by atoms with Crippen molar-refractivity contribution in [1.29, 1.82) is 0 Å². The molecule has 0 aliphatic carbocycles. The Hall–Kier alpha value is -2.35. The molecule has 0 aliphatic rings. The molecule has 0 saturated heterocycles. The fraction of sp³-hybridized carbons (Fsp3) is 0.167. The number of amides is 1. The summed E-state index contributed by atoms with van der Waals surface area (Å²) in [5.41, 5.74) is 0.853. The van der Waals surface area contributed by atoms with Crippen LogP contribution in [-0.2, 0) is 5.60 Å². The number of aliphatic hydroxyl groups is 1. The van der Waals surface area contributed by atoms with Crippen molar-refractivity contribution < 1.29 is 9.90 Å². The number of aromatic nitrogens is 2. The summed E-state index contributed by atoms with van der Waals surface area (Å²) >= 11 is 2.66. The monoisotopic (exact) mass is 369 g/mol. The third kappa shape index (κ3) is 3.13. The zero-order valence-corrected chi connectivity index (χ0v) is 15.0. The average Bonchev–Trinajstić information content (AvgIpc) is 3.25. The smallest absolute Gasteiger partial charge is 0.251 e. The first kappa shape index (κ1) is 16.1. The summed E-state index contributed by atoms with van der Waals surface area (Å²) in [5.74, 6) is -0.240. The Labute approximate surface area is 152 Å². The molecule has 2 aromatic carbocycles. The first-order valence-electron chi connectivity index (χ1n) is 7.75. The molecule has 25 heavy (non-hydrogen) atoms. The number of carbonyl (C=O) groups is 1. The fourth-order valence-corrected chi connectivity index (χ4v) is 4.24. The summed E-state index contributed by atoms with van der Waals surface area (Å²) < 4.78 is 9.39. The Kier molecular flexibility index (Phi) is 3.99. The Balaban J connectivity index is 1.51. The number of hydrogen-bond donors (Lipinski definition) is 2. The highest BCUT2D eigenvalue weighted by Crippen LogP contribution is 2.32. The van der Waals surface area contributed by atoms with Gasteiger partial charge in [0.2, 0.25) is 0 Å². The Morgan fingerprint density at radius 3 is 2.80 bits per heavy atom.